The third kappa shape index (κ3) is 2.85. The van der Waals surface area contributed by atoms with Gasteiger partial charge in [0.2, 0.25) is 0 Å². The molecule has 0 atom stereocenters. The molecule has 0 aliphatic carbocycles. The Labute approximate surface area is 127 Å². The molecule has 0 fully saturated rings. The lowest BCUT2D eigenvalue weighted by atomic mass is 10.0. The predicted molar refractivity (Wildman–Crippen MR) is 82.3 cm³/mol. The van der Waals surface area contributed by atoms with E-state index in [2.05, 4.69) is 15.2 Å². The molecule has 0 aliphatic heterocycles. The molecule has 1 aromatic carbocycles. The minimum Gasteiger partial charge on any atom is -0.497 e. The van der Waals surface area contributed by atoms with Gasteiger partial charge in [0, 0.05) is 23.5 Å². The van der Waals surface area contributed by atoms with Crippen LogP contribution in [0, 0.1) is 0 Å². The smallest absolute Gasteiger partial charge is 0.152 e. The zero-order valence-corrected chi connectivity index (χ0v) is 12.1. The molecule has 21 heavy (non-hydrogen) atoms. The summed E-state index contributed by atoms with van der Waals surface area (Å²) in [4.78, 5) is 4.03. The summed E-state index contributed by atoms with van der Waals surface area (Å²) in [5.41, 5.74) is 3.63. The maximum Gasteiger partial charge on any atom is 0.152 e. The number of rotatable bonds is 3. The largest absolute Gasteiger partial charge is 0.497 e. The summed E-state index contributed by atoms with van der Waals surface area (Å²) in [5, 5.41) is 8.55. The molecule has 5 heteroatoms. The Morgan fingerprint density at radius 3 is 2.29 bits per heavy atom. The lowest BCUT2D eigenvalue weighted by molar-refractivity contribution is 0.415. The highest BCUT2D eigenvalue weighted by Gasteiger charge is 2.11. The number of methoxy groups -OCH3 is 1. The SMILES string of the molecule is COc1ccc(-c2nnc(Cl)cc2-c2ccncc2)cc1. The zero-order chi connectivity index (χ0) is 14.7. The zero-order valence-electron chi connectivity index (χ0n) is 11.3. The number of nitrogens with zero attached hydrogens (tertiary/aromatic N) is 3. The molecule has 0 radical (unpaired) electrons. The fraction of sp³-hybridized carbons (Fsp3) is 0.0625. The van der Waals surface area contributed by atoms with E-state index in [1.807, 2.05) is 42.5 Å². The molecule has 2 aromatic heterocycles. The van der Waals surface area contributed by atoms with Gasteiger partial charge in [-0.15, -0.1) is 10.2 Å². The van der Waals surface area contributed by atoms with Crippen molar-refractivity contribution in [2.45, 2.75) is 0 Å². The standard InChI is InChI=1S/C16H12ClN3O/c1-21-13-4-2-12(3-5-13)16-14(10-15(17)19-20-16)11-6-8-18-9-7-11/h2-10H,1H3. The molecule has 0 amide bonds. The van der Waals surface area contributed by atoms with Crippen LogP contribution in [0.4, 0.5) is 0 Å². The van der Waals surface area contributed by atoms with Crippen molar-refractivity contribution in [3.8, 4) is 28.1 Å². The molecule has 0 unspecified atom stereocenters. The van der Waals surface area contributed by atoms with Gasteiger partial charge in [-0.25, -0.2) is 0 Å². The lowest BCUT2D eigenvalue weighted by Gasteiger charge is -2.09. The van der Waals surface area contributed by atoms with Crippen molar-refractivity contribution >= 4 is 11.6 Å². The van der Waals surface area contributed by atoms with E-state index >= 15 is 0 Å². The average Bonchev–Trinajstić information content (AvgIpc) is 2.56. The molecule has 0 N–H and O–H groups in total. The number of pyridine rings is 1. The average molecular weight is 298 g/mol. The second kappa shape index (κ2) is 5.89. The number of hydrogen-bond acceptors (Lipinski definition) is 4. The third-order valence-corrected chi connectivity index (χ3v) is 3.30. The molecular formula is C16H12ClN3O. The topological polar surface area (TPSA) is 47.9 Å². The minimum absolute atomic E-state index is 0.360. The summed E-state index contributed by atoms with van der Waals surface area (Å²) in [6.07, 6.45) is 3.48. The summed E-state index contributed by atoms with van der Waals surface area (Å²) in [5.74, 6) is 0.797. The molecule has 2 heterocycles. The Kier molecular flexibility index (Phi) is 3.79. The molecule has 3 rings (SSSR count). The first-order chi connectivity index (χ1) is 10.3. The summed E-state index contributed by atoms with van der Waals surface area (Å²) in [6.45, 7) is 0. The summed E-state index contributed by atoms with van der Waals surface area (Å²) in [7, 11) is 1.64. The van der Waals surface area contributed by atoms with E-state index in [0.29, 0.717) is 5.15 Å². The highest BCUT2D eigenvalue weighted by molar-refractivity contribution is 6.29. The van der Waals surface area contributed by atoms with Gasteiger partial charge in [-0.05, 0) is 48.0 Å². The van der Waals surface area contributed by atoms with Crippen LogP contribution < -0.4 is 4.74 Å². The van der Waals surface area contributed by atoms with Gasteiger partial charge in [0.1, 0.15) is 11.4 Å². The van der Waals surface area contributed by atoms with Crippen LogP contribution in [-0.4, -0.2) is 22.3 Å². The van der Waals surface area contributed by atoms with Crippen LogP contribution >= 0.6 is 11.6 Å². The molecule has 3 aromatic rings. The highest BCUT2D eigenvalue weighted by atomic mass is 35.5. The van der Waals surface area contributed by atoms with E-state index in [-0.39, 0.29) is 0 Å². The maximum absolute atomic E-state index is 5.99. The summed E-state index contributed by atoms with van der Waals surface area (Å²) >= 11 is 5.99. The Morgan fingerprint density at radius 1 is 0.905 bits per heavy atom. The van der Waals surface area contributed by atoms with E-state index in [1.165, 1.54) is 0 Å². The molecule has 0 aliphatic rings. The second-order valence-corrected chi connectivity index (χ2v) is 4.78. The highest BCUT2D eigenvalue weighted by Crippen LogP contribution is 2.31. The van der Waals surface area contributed by atoms with Gasteiger partial charge in [-0.2, -0.15) is 0 Å². The van der Waals surface area contributed by atoms with Crippen molar-refractivity contribution in [3.05, 3.63) is 60.0 Å². The summed E-state index contributed by atoms with van der Waals surface area (Å²) < 4.78 is 5.17. The van der Waals surface area contributed by atoms with E-state index in [4.69, 9.17) is 16.3 Å². The second-order valence-electron chi connectivity index (χ2n) is 4.39. The molecule has 0 bridgehead atoms. The van der Waals surface area contributed by atoms with Crippen LogP contribution in [0.1, 0.15) is 0 Å². The third-order valence-electron chi connectivity index (χ3n) is 3.12. The molecule has 4 nitrogen and oxygen atoms in total. The van der Waals surface area contributed by atoms with Crippen LogP contribution in [-0.2, 0) is 0 Å². The predicted octanol–water partition coefficient (Wildman–Crippen LogP) is 3.87. The molecule has 0 spiro atoms. The van der Waals surface area contributed by atoms with Crippen molar-refractivity contribution in [3.63, 3.8) is 0 Å². The maximum atomic E-state index is 5.99. The number of aromatic nitrogens is 3. The van der Waals surface area contributed by atoms with Crippen LogP contribution in [0.15, 0.2) is 54.9 Å². The number of ether oxygens (including phenoxy) is 1. The molecule has 0 saturated carbocycles. The fourth-order valence-corrected chi connectivity index (χ4v) is 2.23. The van der Waals surface area contributed by atoms with Crippen molar-refractivity contribution in [2.24, 2.45) is 0 Å². The van der Waals surface area contributed by atoms with E-state index in [0.717, 1.165) is 28.1 Å². The first-order valence-corrected chi connectivity index (χ1v) is 6.74. The van der Waals surface area contributed by atoms with Gasteiger partial charge < -0.3 is 4.74 Å². The van der Waals surface area contributed by atoms with Crippen LogP contribution in [0.25, 0.3) is 22.4 Å². The monoisotopic (exact) mass is 297 g/mol. The first kappa shape index (κ1) is 13.5. The minimum atomic E-state index is 0.360. The Hall–Kier alpha value is -2.46. The Balaban J connectivity index is 2.13. The molecule has 0 saturated heterocycles. The molecule has 104 valence electrons. The van der Waals surface area contributed by atoms with E-state index in [1.54, 1.807) is 19.5 Å². The normalized spacial score (nSPS) is 10.4. The van der Waals surface area contributed by atoms with Crippen molar-refractivity contribution < 1.29 is 4.74 Å². The van der Waals surface area contributed by atoms with E-state index in [9.17, 15) is 0 Å². The van der Waals surface area contributed by atoms with Crippen molar-refractivity contribution in [2.75, 3.05) is 7.11 Å². The summed E-state index contributed by atoms with van der Waals surface area (Å²) in [6, 6.07) is 13.3. The van der Waals surface area contributed by atoms with E-state index < -0.39 is 0 Å². The van der Waals surface area contributed by atoms with Crippen LogP contribution in [0.5, 0.6) is 5.75 Å². The first-order valence-electron chi connectivity index (χ1n) is 6.36. The fourth-order valence-electron chi connectivity index (χ4n) is 2.08. The van der Waals surface area contributed by atoms with Gasteiger partial charge in [0.15, 0.2) is 5.15 Å². The van der Waals surface area contributed by atoms with Gasteiger partial charge in [-0.1, -0.05) is 11.6 Å². The quantitative estimate of drug-likeness (QED) is 0.736. The number of halogens is 1. The van der Waals surface area contributed by atoms with Crippen molar-refractivity contribution in [1.29, 1.82) is 0 Å². The van der Waals surface area contributed by atoms with Gasteiger partial charge in [0.05, 0.1) is 7.11 Å². The number of hydrogen-bond donors (Lipinski definition) is 0. The van der Waals surface area contributed by atoms with Crippen LogP contribution in [0.3, 0.4) is 0 Å². The lowest BCUT2D eigenvalue weighted by Crippen LogP contribution is -1.93. The van der Waals surface area contributed by atoms with Gasteiger partial charge in [0.25, 0.3) is 0 Å². The van der Waals surface area contributed by atoms with Crippen molar-refractivity contribution in [1.82, 2.24) is 15.2 Å². The Morgan fingerprint density at radius 2 is 1.62 bits per heavy atom. The number of benzene rings is 1. The van der Waals surface area contributed by atoms with Gasteiger partial charge in [-0.3, -0.25) is 4.98 Å². The molecular weight excluding hydrogens is 286 g/mol. The van der Waals surface area contributed by atoms with Gasteiger partial charge >= 0.3 is 0 Å². The van der Waals surface area contributed by atoms with Crippen LogP contribution in [0.2, 0.25) is 5.15 Å². The Bertz CT molecular complexity index is 745.